The third kappa shape index (κ3) is 5.98. The predicted octanol–water partition coefficient (Wildman–Crippen LogP) is 3.66. The fourth-order valence-corrected chi connectivity index (χ4v) is 4.52. The molecule has 0 saturated heterocycles. The highest BCUT2D eigenvalue weighted by Crippen LogP contribution is 2.40. The number of carbonyl (C=O) groups is 1. The van der Waals surface area contributed by atoms with Crippen LogP contribution in [0.25, 0.3) is 17.2 Å². The Morgan fingerprint density at radius 2 is 1.51 bits per heavy atom. The molecule has 0 aliphatic carbocycles. The molecule has 11 nitrogen and oxygen atoms in total. The minimum Gasteiger partial charge on any atom is -0.496 e. The Balaban J connectivity index is 2.03. The summed E-state index contributed by atoms with van der Waals surface area (Å²) in [5, 5.41) is 10.6. The van der Waals surface area contributed by atoms with Crippen molar-refractivity contribution in [3.63, 3.8) is 0 Å². The second-order valence-corrected chi connectivity index (χ2v) is 9.21. The molecule has 0 aliphatic rings. The van der Waals surface area contributed by atoms with E-state index in [2.05, 4.69) is 4.72 Å². The standard InChI is InChI=1S/C25H27N3O8S/c1-33-16-12-22(35-3)17(23(13-16)36-4)7-8-37(31,32)28-15-5-6-21(34-2)18(11-15)24-19(25(29)30)9-14(26)10-20(24)27/h5-13,28H,26-27H2,1-4H3,(H,29,30)/b8-7+. The Labute approximate surface area is 214 Å². The topological polar surface area (TPSA) is 172 Å². The van der Waals surface area contributed by atoms with Crippen molar-refractivity contribution < 1.29 is 37.3 Å². The molecule has 0 aromatic heterocycles. The molecule has 0 amide bonds. The third-order valence-electron chi connectivity index (χ3n) is 5.32. The van der Waals surface area contributed by atoms with Gasteiger partial charge in [0.25, 0.3) is 10.0 Å². The lowest BCUT2D eigenvalue weighted by atomic mass is 9.96. The quantitative estimate of drug-likeness (QED) is 0.284. The summed E-state index contributed by atoms with van der Waals surface area (Å²) in [7, 11) is 1.71. The number of nitrogens with two attached hydrogens (primary N) is 2. The number of carboxylic acids is 1. The van der Waals surface area contributed by atoms with E-state index in [0.29, 0.717) is 22.8 Å². The molecule has 0 aliphatic heterocycles. The summed E-state index contributed by atoms with van der Waals surface area (Å²) in [6, 6.07) is 10.3. The highest BCUT2D eigenvalue weighted by molar-refractivity contribution is 7.95. The molecule has 37 heavy (non-hydrogen) atoms. The number of anilines is 3. The van der Waals surface area contributed by atoms with E-state index >= 15 is 0 Å². The van der Waals surface area contributed by atoms with Gasteiger partial charge in [0.15, 0.2) is 0 Å². The Kier molecular flexibility index (Phi) is 8.03. The third-order valence-corrected chi connectivity index (χ3v) is 6.33. The Morgan fingerprint density at radius 1 is 0.892 bits per heavy atom. The van der Waals surface area contributed by atoms with Crippen molar-refractivity contribution in [3.8, 4) is 34.1 Å². The van der Waals surface area contributed by atoms with Crippen LogP contribution < -0.4 is 35.1 Å². The zero-order valence-electron chi connectivity index (χ0n) is 20.6. The molecule has 0 bridgehead atoms. The van der Waals surface area contributed by atoms with Crippen molar-refractivity contribution in [2.45, 2.75) is 0 Å². The van der Waals surface area contributed by atoms with Gasteiger partial charge in [-0.2, -0.15) is 0 Å². The zero-order valence-corrected chi connectivity index (χ0v) is 21.4. The van der Waals surface area contributed by atoms with Crippen LogP contribution in [0.4, 0.5) is 17.1 Å². The van der Waals surface area contributed by atoms with E-state index in [4.69, 9.17) is 30.4 Å². The molecule has 0 heterocycles. The molecule has 0 unspecified atom stereocenters. The lowest BCUT2D eigenvalue weighted by molar-refractivity contribution is 0.0697. The van der Waals surface area contributed by atoms with E-state index in [9.17, 15) is 18.3 Å². The van der Waals surface area contributed by atoms with Crippen molar-refractivity contribution in [1.29, 1.82) is 0 Å². The highest BCUT2D eigenvalue weighted by Gasteiger charge is 2.21. The number of hydrogen-bond acceptors (Lipinski definition) is 9. The number of nitrogen functional groups attached to an aromatic ring is 2. The fraction of sp³-hybridized carbons (Fsp3) is 0.160. The lowest BCUT2D eigenvalue weighted by Crippen LogP contribution is -2.10. The number of hydrogen-bond donors (Lipinski definition) is 4. The van der Waals surface area contributed by atoms with Gasteiger partial charge in [0.05, 0.1) is 45.0 Å². The molecule has 0 atom stereocenters. The zero-order chi connectivity index (χ0) is 27.3. The maximum atomic E-state index is 12.9. The summed E-state index contributed by atoms with van der Waals surface area (Å²) in [5.41, 5.74) is 12.9. The molecule has 3 aromatic rings. The largest absolute Gasteiger partial charge is 0.496 e. The van der Waals surface area contributed by atoms with Crippen LogP contribution in [0, 0.1) is 0 Å². The molecule has 0 saturated carbocycles. The second-order valence-electron chi connectivity index (χ2n) is 7.65. The molecule has 3 aromatic carbocycles. The molecule has 3 rings (SSSR count). The first-order chi connectivity index (χ1) is 17.5. The Bertz CT molecular complexity index is 1440. The molecular formula is C25H27N3O8S. The molecule has 0 fully saturated rings. The van der Waals surface area contributed by atoms with Crippen molar-refractivity contribution in [2.75, 3.05) is 44.6 Å². The van der Waals surface area contributed by atoms with E-state index in [-0.39, 0.29) is 39.5 Å². The summed E-state index contributed by atoms with van der Waals surface area (Å²) in [4.78, 5) is 11.9. The first kappa shape index (κ1) is 27.0. The van der Waals surface area contributed by atoms with Crippen LogP contribution in [-0.2, 0) is 10.0 Å². The minimum absolute atomic E-state index is 0.0919. The van der Waals surface area contributed by atoms with Gasteiger partial charge in [0.2, 0.25) is 0 Å². The normalized spacial score (nSPS) is 11.2. The molecule has 0 spiro atoms. The number of aromatic carboxylic acids is 1. The van der Waals surface area contributed by atoms with Crippen LogP contribution in [0.3, 0.4) is 0 Å². The smallest absolute Gasteiger partial charge is 0.336 e. The summed E-state index contributed by atoms with van der Waals surface area (Å²) < 4.78 is 49.5. The summed E-state index contributed by atoms with van der Waals surface area (Å²) in [6.45, 7) is 0. The average Bonchev–Trinajstić information content (AvgIpc) is 2.86. The maximum Gasteiger partial charge on any atom is 0.336 e. The van der Waals surface area contributed by atoms with Gasteiger partial charge in [0.1, 0.15) is 23.0 Å². The van der Waals surface area contributed by atoms with E-state index < -0.39 is 16.0 Å². The number of sulfonamides is 1. The van der Waals surface area contributed by atoms with Gasteiger partial charge >= 0.3 is 5.97 Å². The first-order valence-electron chi connectivity index (χ1n) is 10.6. The molecule has 12 heteroatoms. The van der Waals surface area contributed by atoms with E-state index in [1.165, 1.54) is 64.8 Å². The first-order valence-corrected chi connectivity index (χ1v) is 12.2. The van der Waals surface area contributed by atoms with Gasteiger partial charge in [-0.3, -0.25) is 4.72 Å². The van der Waals surface area contributed by atoms with Gasteiger partial charge in [0, 0.05) is 40.3 Å². The SMILES string of the molecule is COc1cc(OC)c(/C=C/S(=O)(=O)Nc2ccc(OC)c(-c3c(N)cc(N)cc3C(=O)O)c2)c(OC)c1. The summed E-state index contributed by atoms with van der Waals surface area (Å²) in [5.74, 6) is 0.182. The van der Waals surface area contributed by atoms with Crippen molar-refractivity contribution >= 4 is 39.1 Å². The van der Waals surface area contributed by atoms with Gasteiger partial charge < -0.3 is 35.5 Å². The van der Waals surface area contributed by atoms with Gasteiger partial charge in [-0.1, -0.05) is 0 Å². The average molecular weight is 530 g/mol. The van der Waals surface area contributed by atoms with Crippen molar-refractivity contribution in [3.05, 3.63) is 59.0 Å². The fourth-order valence-electron chi connectivity index (χ4n) is 3.68. The van der Waals surface area contributed by atoms with Crippen LogP contribution in [0.15, 0.2) is 47.9 Å². The van der Waals surface area contributed by atoms with Gasteiger partial charge in [-0.15, -0.1) is 0 Å². The molecule has 0 radical (unpaired) electrons. The minimum atomic E-state index is -4.04. The predicted molar refractivity (Wildman–Crippen MR) is 142 cm³/mol. The van der Waals surface area contributed by atoms with Crippen LogP contribution in [0.2, 0.25) is 0 Å². The van der Waals surface area contributed by atoms with Crippen LogP contribution in [0.1, 0.15) is 15.9 Å². The number of nitrogens with one attached hydrogen (secondary N) is 1. The molecule has 6 N–H and O–H groups in total. The van der Waals surface area contributed by atoms with Gasteiger partial charge in [-0.05, 0) is 36.4 Å². The highest BCUT2D eigenvalue weighted by atomic mass is 32.2. The van der Waals surface area contributed by atoms with Crippen molar-refractivity contribution in [1.82, 2.24) is 0 Å². The Morgan fingerprint density at radius 3 is 2.05 bits per heavy atom. The maximum absolute atomic E-state index is 12.9. The number of carboxylic acid groups (broad SMARTS) is 1. The number of ether oxygens (including phenoxy) is 4. The van der Waals surface area contributed by atoms with Crippen LogP contribution >= 0.6 is 0 Å². The van der Waals surface area contributed by atoms with Crippen molar-refractivity contribution in [2.24, 2.45) is 0 Å². The van der Waals surface area contributed by atoms with E-state index in [1.807, 2.05) is 0 Å². The summed E-state index contributed by atoms with van der Waals surface area (Å²) in [6.07, 6.45) is 1.32. The number of rotatable bonds is 10. The van der Waals surface area contributed by atoms with E-state index in [1.54, 1.807) is 12.1 Å². The summed E-state index contributed by atoms with van der Waals surface area (Å²) >= 11 is 0. The Hall–Kier alpha value is -4.58. The second kappa shape index (κ2) is 11.0. The number of benzene rings is 3. The van der Waals surface area contributed by atoms with E-state index in [0.717, 1.165) is 5.41 Å². The lowest BCUT2D eigenvalue weighted by Gasteiger charge is -2.16. The monoisotopic (exact) mass is 529 g/mol. The van der Waals surface area contributed by atoms with Crippen LogP contribution in [0.5, 0.6) is 23.0 Å². The number of methoxy groups -OCH3 is 4. The molecular weight excluding hydrogens is 502 g/mol. The molecule has 196 valence electrons. The van der Waals surface area contributed by atoms with Crippen LogP contribution in [-0.4, -0.2) is 47.9 Å². The van der Waals surface area contributed by atoms with Gasteiger partial charge in [-0.25, -0.2) is 13.2 Å².